The Kier molecular flexibility index (Phi) is 5.66. The SMILES string of the molecule is O=CC(CO/N=C/c1ccc[nH]1)Oc1ccc(Cl)cc1Cl. The second-order valence-corrected chi connectivity index (χ2v) is 4.87. The molecule has 0 saturated heterocycles. The predicted octanol–water partition coefficient (Wildman–Crippen LogP) is 3.32. The van der Waals surface area contributed by atoms with Gasteiger partial charge in [-0.3, -0.25) is 4.79 Å². The van der Waals surface area contributed by atoms with E-state index >= 15 is 0 Å². The topological polar surface area (TPSA) is 63.7 Å². The van der Waals surface area contributed by atoms with Gasteiger partial charge >= 0.3 is 0 Å². The Morgan fingerprint density at radius 3 is 2.86 bits per heavy atom. The lowest BCUT2D eigenvalue weighted by Gasteiger charge is -2.13. The molecule has 0 spiro atoms. The van der Waals surface area contributed by atoms with Crippen LogP contribution in [0.4, 0.5) is 0 Å². The third kappa shape index (κ3) is 4.81. The average Bonchev–Trinajstić information content (AvgIpc) is 2.97. The van der Waals surface area contributed by atoms with Gasteiger partial charge in [-0.2, -0.15) is 0 Å². The molecule has 21 heavy (non-hydrogen) atoms. The van der Waals surface area contributed by atoms with E-state index in [1.165, 1.54) is 12.3 Å². The fourth-order valence-corrected chi connectivity index (χ4v) is 1.92. The number of hydrogen-bond acceptors (Lipinski definition) is 4. The molecule has 5 nitrogen and oxygen atoms in total. The molecular weight excluding hydrogens is 315 g/mol. The first kappa shape index (κ1) is 15.4. The summed E-state index contributed by atoms with van der Waals surface area (Å²) in [6, 6.07) is 8.40. The highest BCUT2D eigenvalue weighted by Crippen LogP contribution is 2.28. The van der Waals surface area contributed by atoms with Gasteiger partial charge in [0.15, 0.2) is 19.0 Å². The number of nitrogens with zero attached hydrogens (tertiary/aromatic N) is 1. The van der Waals surface area contributed by atoms with Crippen molar-refractivity contribution in [2.45, 2.75) is 6.10 Å². The van der Waals surface area contributed by atoms with Gasteiger partial charge in [-0.25, -0.2) is 0 Å². The van der Waals surface area contributed by atoms with Gasteiger partial charge < -0.3 is 14.6 Å². The van der Waals surface area contributed by atoms with E-state index in [1.54, 1.807) is 18.3 Å². The third-order valence-corrected chi connectivity index (χ3v) is 2.98. The molecule has 0 bridgehead atoms. The van der Waals surface area contributed by atoms with Crippen molar-refractivity contribution in [2.24, 2.45) is 5.16 Å². The van der Waals surface area contributed by atoms with Crippen molar-refractivity contribution in [3.05, 3.63) is 52.3 Å². The molecule has 1 aromatic heterocycles. The van der Waals surface area contributed by atoms with Crippen molar-refractivity contribution in [2.75, 3.05) is 6.61 Å². The Balaban J connectivity index is 1.86. The van der Waals surface area contributed by atoms with E-state index in [-0.39, 0.29) is 6.61 Å². The van der Waals surface area contributed by atoms with E-state index < -0.39 is 6.10 Å². The molecule has 0 aliphatic rings. The summed E-state index contributed by atoms with van der Waals surface area (Å²) in [6.07, 6.45) is 3.07. The molecule has 0 saturated carbocycles. The molecule has 1 unspecified atom stereocenters. The van der Waals surface area contributed by atoms with E-state index in [9.17, 15) is 4.79 Å². The molecule has 2 rings (SSSR count). The maximum absolute atomic E-state index is 11.0. The number of aromatic amines is 1. The molecule has 0 fully saturated rings. The van der Waals surface area contributed by atoms with Gasteiger partial charge in [0.25, 0.3) is 0 Å². The lowest BCUT2D eigenvalue weighted by Crippen LogP contribution is -2.23. The average molecular weight is 327 g/mol. The smallest absolute Gasteiger partial charge is 0.190 e. The molecule has 0 aliphatic heterocycles. The van der Waals surface area contributed by atoms with Crippen LogP contribution in [-0.2, 0) is 9.63 Å². The number of rotatable bonds is 7. The van der Waals surface area contributed by atoms with Crippen LogP contribution in [0.1, 0.15) is 5.69 Å². The monoisotopic (exact) mass is 326 g/mol. The van der Waals surface area contributed by atoms with E-state index in [1.807, 2.05) is 12.1 Å². The fourth-order valence-electron chi connectivity index (χ4n) is 1.47. The molecule has 1 N–H and O–H groups in total. The number of aromatic nitrogens is 1. The van der Waals surface area contributed by atoms with Gasteiger partial charge in [-0.05, 0) is 30.3 Å². The van der Waals surface area contributed by atoms with Crippen molar-refractivity contribution in [3.8, 4) is 5.75 Å². The highest BCUT2D eigenvalue weighted by Gasteiger charge is 2.12. The Bertz CT molecular complexity index is 615. The van der Waals surface area contributed by atoms with Crippen LogP contribution < -0.4 is 4.74 Å². The number of H-pyrrole nitrogens is 1. The summed E-state index contributed by atoms with van der Waals surface area (Å²) in [5.74, 6) is 0.357. The zero-order valence-electron chi connectivity index (χ0n) is 10.8. The first-order valence-electron chi connectivity index (χ1n) is 6.05. The predicted molar refractivity (Wildman–Crippen MR) is 81.3 cm³/mol. The van der Waals surface area contributed by atoms with Crippen LogP contribution in [0.25, 0.3) is 0 Å². The van der Waals surface area contributed by atoms with Crippen LogP contribution >= 0.6 is 23.2 Å². The molecule has 1 aromatic carbocycles. The molecular formula is C14H12Cl2N2O3. The van der Waals surface area contributed by atoms with Gasteiger partial charge in [0.1, 0.15) is 5.75 Å². The Hall–Kier alpha value is -1.98. The summed E-state index contributed by atoms with van der Waals surface area (Å²) in [7, 11) is 0. The van der Waals surface area contributed by atoms with Gasteiger partial charge in [-0.1, -0.05) is 28.4 Å². The van der Waals surface area contributed by atoms with Crippen LogP contribution in [0, 0.1) is 0 Å². The van der Waals surface area contributed by atoms with Gasteiger partial charge in [-0.15, -0.1) is 0 Å². The quantitative estimate of drug-likeness (QED) is 0.482. The highest BCUT2D eigenvalue weighted by molar-refractivity contribution is 6.35. The van der Waals surface area contributed by atoms with Crippen LogP contribution in [0.3, 0.4) is 0 Å². The third-order valence-electron chi connectivity index (χ3n) is 2.45. The van der Waals surface area contributed by atoms with Crippen molar-refractivity contribution in [1.82, 2.24) is 4.98 Å². The van der Waals surface area contributed by atoms with Crippen molar-refractivity contribution < 1.29 is 14.4 Å². The van der Waals surface area contributed by atoms with Crippen LogP contribution in [0.2, 0.25) is 10.0 Å². The van der Waals surface area contributed by atoms with Gasteiger partial charge in [0.05, 0.1) is 16.9 Å². The second kappa shape index (κ2) is 7.71. The Morgan fingerprint density at radius 1 is 1.33 bits per heavy atom. The lowest BCUT2D eigenvalue weighted by atomic mass is 10.3. The number of hydrogen-bond donors (Lipinski definition) is 1. The maximum Gasteiger partial charge on any atom is 0.190 e. The Morgan fingerprint density at radius 2 is 2.19 bits per heavy atom. The van der Waals surface area contributed by atoms with Gasteiger partial charge in [0, 0.05) is 11.2 Å². The molecule has 110 valence electrons. The summed E-state index contributed by atoms with van der Waals surface area (Å²) in [4.78, 5) is 18.9. The number of oxime groups is 1. The molecule has 2 aromatic rings. The van der Waals surface area contributed by atoms with E-state index in [2.05, 4.69) is 10.1 Å². The van der Waals surface area contributed by atoms with E-state index in [0.29, 0.717) is 22.1 Å². The van der Waals surface area contributed by atoms with Crippen molar-refractivity contribution >= 4 is 35.7 Å². The molecule has 1 heterocycles. The lowest BCUT2D eigenvalue weighted by molar-refractivity contribution is -0.116. The van der Waals surface area contributed by atoms with Crippen LogP contribution in [0.15, 0.2) is 41.7 Å². The van der Waals surface area contributed by atoms with Crippen LogP contribution in [-0.4, -0.2) is 30.2 Å². The fraction of sp³-hybridized carbons (Fsp3) is 0.143. The molecule has 0 aliphatic carbocycles. The number of benzene rings is 1. The normalized spacial score (nSPS) is 12.3. The van der Waals surface area contributed by atoms with Gasteiger partial charge in [0.2, 0.25) is 0 Å². The minimum absolute atomic E-state index is 0.0281. The number of nitrogens with one attached hydrogen (secondary N) is 1. The minimum Gasteiger partial charge on any atom is -0.478 e. The summed E-state index contributed by atoms with van der Waals surface area (Å²) in [5, 5.41) is 4.54. The number of carbonyl (C=O) groups is 1. The van der Waals surface area contributed by atoms with Crippen LogP contribution in [0.5, 0.6) is 5.75 Å². The Labute approximate surface area is 131 Å². The zero-order chi connectivity index (χ0) is 15.1. The van der Waals surface area contributed by atoms with Crippen molar-refractivity contribution in [1.29, 1.82) is 0 Å². The summed E-state index contributed by atoms with van der Waals surface area (Å²) in [6.45, 7) is -0.0281. The highest BCUT2D eigenvalue weighted by atomic mass is 35.5. The number of ether oxygens (including phenoxy) is 1. The molecule has 1 atom stereocenters. The largest absolute Gasteiger partial charge is 0.478 e. The minimum atomic E-state index is -0.815. The first-order chi connectivity index (χ1) is 10.2. The summed E-state index contributed by atoms with van der Waals surface area (Å²) in [5.41, 5.74) is 0.791. The molecule has 0 radical (unpaired) electrons. The first-order valence-corrected chi connectivity index (χ1v) is 6.80. The standard InChI is InChI=1S/C14H12Cl2N2O3/c15-10-3-4-14(13(16)6-10)21-12(8-19)9-20-18-7-11-2-1-5-17-11/h1-8,12,17H,9H2/b18-7+. The van der Waals surface area contributed by atoms with E-state index in [0.717, 1.165) is 5.69 Å². The maximum atomic E-state index is 11.0. The van der Waals surface area contributed by atoms with Crippen molar-refractivity contribution in [3.63, 3.8) is 0 Å². The number of carbonyl (C=O) groups excluding carboxylic acids is 1. The zero-order valence-corrected chi connectivity index (χ0v) is 12.3. The summed E-state index contributed by atoms with van der Waals surface area (Å²) < 4.78 is 5.42. The molecule has 0 amide bonds. The number of halogens is 2. The van der Waals surface area contributed by atoms with E-state index in [4.69, 9.17) is 32.8 Å². The molecule has 7 heteroatoms. The summed E-state index contributed by atoms with van der Waals surface area (Å²) >= 11 is 11.7. The second-order valence-electron chi connectivity index (χ2n) is 4.02. The number of aldehydes is 1.